The smallest absolute Gasteiger partial charge is 0.248 e. The third kappa shape index (κ3) is 4.32. The zero-order valence-corrected chi connectivity index (χ0v) is 18.8. The van der Waals surface area contributed by atoms with E-state index in [1.54, 1.807) is 29.7 Å². The summed E-state index contributed by atoms with van der Waals surface area (Å²) in [7, 11) is -3.40. The first kappa shape index (κ1) is 20.5. The van der Waals surface area contributed by atoms with E-state index in [-0.39, 0.29) is 10.8 Å². The number of nitrogens with zero attached hydrogens (tertiary/aromatic N) is 1. The van der Waals surface area contributed by atoms with Crippen LogP contribution < -0.4 is 10.9 Å². The van der Waals surface area contributed by atoms with Crippen LogP contribution in [0.1, 0.15) is 55.9 Å². The number of H-pyrrole nitrogens is 1. The second-order valence-corrected chi connectivity index (χ2v) is 11.7. The maximum atomic E-state index is 13.3. The lowest BCUT2D eigenvalue weighted by atomic mass is 9.90. The predicted molar refractivity (Wildman–Crippen MR) is 124 cm³/mol. The summed E-state index contributed by atoms with van der Waals surface area (Å²) < 4.78 is 26.5. The Morgan fingerprint density at radius 1 is 1.00 bits per heavy atom. The molecule has 2 N–H and O–H groups in total. The molecule has 2 heterocycles. The van der Waals surface area contributed by atoms with E-state index in [1.807, 2.05) is 18.3 Å². The summed E-state index contributed by atoms with van der Waals surface area (Å²) >= 11 is 1.63. The number of hydrogen-bond donors (Lipinski definition) is 2. The first-order valence-corrected chi connectivity index (χ1v) is 13.2. The summed E-state index contributed by atoms with van der Waals surface area (Å²) in [4.78, 5) is 19.9. The molecule has 0 radical (unpaired) electrons. The second-order valence-electron chi connectivity index (χ2n) is 8.42. The number of nitrogens with one attached hydrogen (secondary N) is 2. The van der Waals surface area contributed by atoms with Gasteiger partial charge < -0.3 is 10.3 Å². The molecule has 2 saturated carbocycles. The van der Waals surface area contributed by atoms with Crippen molar-refractivity contribution in [3.05, 3.63) is 58.1 Å². The SMILES string of the molecule is O=c1ccc(Nc2ccc(-c3cnc(C4CCCCC4)s3)c(S(=O)(=O)C3CC3)c2)c[nH]1. The molecule has 0 amide bonds. The van der Waals surface area contributed by atoms with Gasteiger partial charge in [0.1, 0.15) is 0 Å². The summed E-state index contributed by atoms with van der Waals surface area (Å²) in [5, 5.41) is 4.03. The molecule has 0 unspecified atom stereocenters. The average molecular weight is 456 g/mol. The molecule has 3 aromatic rings. The molecule has 2 aliphatic carbocycles. The van der Waals surface area contributed by atoms with Crippen molar-refractivity contribution in [2.24, 2.45) is 0 Å². The van der Waals surface area contributed by atoms with E-state index >= 15 is 0 Å². The molecule has 5 rings (SSSR count). The number of aromatic amines is 1. The Morgan fingerprint density at radius 3 is 2.48 bits per heavy atom. The fourth-order valence-electron chi connectivity index (χ4n) is 4.20. The minimum absolute atomic E-state index is 0.183. The lowest BCUT2D eigenvalue weighted by Crippen LogP contribution is -2.09. The van der Waals surface area contributed by atoms with Crippen LogP contribution in [0.25, 0.3) is 10.4 Å². The highest BCUT2D eigenvalue weighted by molar-refractivity contribution is 7.92. The number of hydrogen-bond acceptors (Lipinski definition) is 6. The van der Waals surface area contributed by atoms with Gasteiger partial charge >= 0.3 is 0 Å². The van der Waals surface area contributed by atoms with E-state index in [2.05, 4.69) is 15.3 Å². The van der Waals surface area contributed by atoms with Crippen molar-refractivity contribution in [2.45, 2.75) is 61.0 Å². The van der Waals surface area contributed by atoms with Gasteiger partial charge in [-0.1, -0.05) is 25.3 Å². The molecule has 0 saturated heterocycles. The van der Waals surface area contributed by atoms with Gasteiger partial charge in [0.25, 0.3) is 0 Å². The average Bonchev–Trinajstić information content (AvgIpc) is 3.54. The van der Waals surface area contributed by atoms with Crippen molar-refractivity contribution in [1.29, 1.82) is 0 Å². The molecular formula is C23H25N3O3S2. The van der Waals surface area contributed by atoms with Crippen molar-refractivity contribution >= 4 is 32.5 Å². The maximum Gasteiger partial charge on any atom is 0.248 e. The number of pyridine rings is 1. The number of aromatic nitrogens is 2. The van der Waals surface area contributed by atoms with E-state index in [9.17, 15) is 13.2 Å². The number of thiazole rings is 1. The normalized spacial score (nSPS) is 17.5. The van der Waals surface area contributed by atoms with Gasteiger partial charge in [0.2, 0.25) is 5.56 Å². The summed E-state index contributed by atoms with van der Waals surface area (Å²) in [6.07, 6.45) is 11.0. The van der Waals surface area contributed by atoms with Crippen LogP contribution in [0, 0.1) is 0 Å². The van der Waals surface area contributed by atoms with Gasteiger partial charge in [0.05, 0.1) is 25.7 Å². The van der Waals surface area contributed by atoms with Crippen molar-refractivity contribution in [1.82, 2.24) is 9.97 Å². The molecule has 2 aromatic heterocycles. The highest BCUT2D eigenvalue weighted by atomic mass is 32.2. The largest absolute Gasteiger partial charge is 0.354 e. The van der Waals surface area contributed by atoms with Crippen LogP contribution in [0.15, 0.2) is 52.4 Å². The van der Waals surface area contributed by atoms with Crippen molar-refractivity contribution < 1.29 is 8.42 Å². The van der Waals surface area contributed by atoms with E-state index in [0.717, 1.165) is 28.3 Å². The summed E-state index contributed by atoms with van der Waals surface area (Å²) in [6.45, 7) is 0. The molecule has 2 aliphatic rings. The Hall–Kier alpha value is -2.45. The van der Waals surface area contributed by atoms with E-state index < -0.39 is 9.84 Å². The Balaban J connectivity index is 1.51. The van der Waals surface area contributed by atoms with E-state index in [0.29, 0.717) is 22.2 Å². The number of sulfone groups is 1. The third-order valence-electron chi connectivity index (χ3n) is 6.07. The lowest BCUT2D eigenvalue weighted by Gasteiger charge is -2.18. The summed E-state index contributed by atoms with van der Waals surface area (Å²) in [5.41, 5.74) is 1.92. The molecule has 162 valence electrons. The molecule has 0 bridgehead atoms. The lowest BCUT2D eigenvalue weighted by molar-refractivity contribution is 0.442. The standard InChI is InChI=1S/C23H25N3O3S2/c27-22-11-7-17(13-24-22)26-16-6-10-19(21(12-16)31(28,29)18-8-9-18)20-14-25-23(30-20)15-4-2-1-3-5-15/h6-7,10-15,18,26H,1-5,8-9H2,(H,24,27). The molecule has 31 heavy (non-hydrogen) atoms. The first-order valence-electron chi connectivity index (χ1n) is 10.8. The fraction of sp³-hybridized carbons (Fsp3) is 0.391. The van der Waals surface area contributed by atoms with Crippen LogP contribution in [0.3, 0.4) is 0 Å². The van der Waals surface area contributed by atoms with Gasteiger partial charge in [-0.15, -0.1) is 11.3 Å². The Labute approximate surface area is 185 Å². The highest BCUT2D eigenvalue weighted by Crippen LogP contribution is 2.43. The quantitative estimate of drug-likeness (QED) is 0.531. The Morgan fingerprint density at radius 2 is 1.77 bits per heavy atom. The van der Waals surface area contributed by atoms with Crippen molar-refractivity contribution in [3.8, 4) is 10.4 Å². The van der Waals surface area contributed by atoms with Crippen LogP contribution in [0.5, 0.6) is 0 Å². The summed E-state index contributed by atoms with van der Waals surface area (Å²) in [5.74, 6) is 0.497. The fourth-order valence-corrected chi connectivity index (χ4v) is 7.28. The molecule has 0 aliphatic heterocycles. The van der Waals surface area contributed by atoms with Gasteiger partial charge in [-0.25, -0.2) is 13.4 Å². The first-order chi connectivity index (χ1) is 15.0. The van der Waals surface area contributed by atoms with Crippen molar-refractivity contribution in [3.63, 3.8) is 0 Å². The molecule has 2 fully saturated rings. The van der Waals surface area contributed by atoms with Gasteiger partial charge in [0.15, 0.2) is 9.84 Å². The number of benzene rings is 1. The van der Waals surface area contributed by atoms with Gasteiger partial charge in [-0.2, -0.15) is 0 Å². The minimum Gasteiger partial charge on any atom is -0.354 e. The third-order valence-corrected chi connectivity index (χ3v) is 9.56. The zero-order valence-electron chi connectivity index (χ0n) is 17.1. The summed E-state index contributed by atoms with van der Waals surface area (Å²) in [6, 6.07) is 8.58. The van der Waals surface area contributed by atoms with Gasteiger partial charge in [-0.05, 0) is 43.9 Å². The van der Waals surface area contributed by atoms with Gasteiger partial charge in [0, 0.05) is 35.6 Å². The zero-order chi connectivity index (χ0) is 21.4. The molecule has 0 atom stereocenters. The number of anilines is 2. The Kier molecular flexibility index (Phi) is 5.44. The second kappa shape index (κ2) is 8.24. The van der Waals surface area contributed by atoms with Gasteiger partial charge in [-0.3, -0.25) is 4.79 Å². The Bertz CT molecular complexity index is 1230. The van der Waals surface area contributed by atoms with Crippen LogP contribution in [-0.2, 0) is 9.84 Å². The van der Waals surface area contributed by atoms with Crippen LogP contribution in [0.2, 0.25) is 0 Å². The number of rotatable bonds is 6. The van der Waals surface area contributed by atoms with Crippen LogP contribution in [-0.4, -0.2) is 23.6 Å². The molecule has 0 spiro atoms. The molecule has 6 nitrogen and oxygen atoms in total. The molecule has 1 aromatic carbocycles. The maximum absolute atomic E-state index is 13.3. The predicted octanol–water partition coefficient (Wildman–Crippen LogP) is 5.23. The highest BCUT2D eigenvalue weighted by Gasteiger charge is 2.38. The van der Waals surface area contributed by atoms with E-state index in [4.69, 9.17) is 0 Å². The molecule has 8 heteroatoms. The van der Waals surface area contributed by atoms with Crippen LogP contribution >= 0.6 is 11.3 Å². The van der Waals surface area contributed by atoms with Crippen LogP contribution in [0.4, 0.5) is 11.4 Å². The molecular weight excluding hydrogens is 430 g/mol. The van der Waals surface area contributed by atoms with E-state index in [1.165, 1.54) is 38.2 Å². The van der Waals surface area contributed by atoms with Crippen molar-refractivity contribution in [2.75, 3.05) is 5.32 Å². The topological polar surface area (TPSA) is 91.9 Å². The monoisotopic (exact) mass is 455 g/mol. The minimum atomic E-state index is -3.40.